The van der Waals surface area contributed by atoms with Crippen LogP contribution < -0.4 is 9.74 Å². The number of Topliss-reactive ketones (excluding diaryl/α,β-unsaturated/α-hetero) is 1. The molecular weight excluding hydrogens is 486 g/mol. The highest BCUT2D eigenvalue weighted by molar-refractivity contribution is 6.74. The molecule has 0 saturated heterocycles. The number of carbonyl (C=O) groups excluding carboxylic acids is 2. The van der Waals surface area contributed by atoms with Gasteiger partial charge in [0.2, 0.25) is 14.2 Å². The summed E-state index contributed by atoms with van der Waals surface area (Å²) in [7, 11) is -2.05. The van der Waals surface area contributed by atoms with E-state index < -0.39 is 8.32 Å². The molecule has 2 aromatic carbocycles. The van der Waals surface area contributed by atoms with E-state index >= 15 is 0 Å². The van der Waals surface area contributed by atoms with Gasteiger partial charge in [0.05, 0.1) is 5.69 Å². The number of aryl methyl sites for hydroxylation is 1. The van der Waals surface area contributed by atoms with Crippen molar-refractivity contribution in [1.29, 1.82) is 0 Å². The lowest BCUT2D eigenvalue weighted by atomic mass is 10.0. The Bertz CT molecular complexity index is 995. The zero-order valence-corrected chi connectivity index (χ0v) is 25.8. The SMILES string of the molecule is CCCCCCCCCCCC(=O)c1cc(O[Si](C)(C)C(C)(C)C)ccc1NC(=O)CCc1ccccc1. The van der Waals surface area contributed by atoms with Gasteiger partial charge in [-0.15, -0.1) is 0 Å². The van der Waals surface area contributed by atoms with Crippen molar-refractivity contribution in [2.45, 2.75) is 123 Å². The van der Waals surface area contributed by atoms with E-state index in [-0.39, 0.29) is 16.7 Å². The molecule has 0 fully saturated rings. The third-order valence-corrected chi connectivity index (χ3v) is 12.1. The Labute approximate surface area is 233 Å². The smallest absolute Gasteiger partial charge is 0.250 e. The summed E-state index contributed by atoms with van der Waals surface area (Å²) in [5, 5.41) is 3.07. The highest BCUT2D eigenvalue weighted by atomic mass is 28.4. The zero-order valence-electron chi connectivity index (χ0n) is 24.8. The van der Waals surface area contributed by atoms with Crippen LogP contribution in [-0.2, 0) is 11.2 Å². The van der Waals surface area contributed by atoms with E-state index in [1.165, 1.54) is 44.9 Å². The predicted octanol–water partition coefficient (Wildman–Crippen LogP) is 9.75. The van der Waals surface area contributed by atoms with Crippen molar-refractivity contribution in [1.82, 2.24) is 0 Å². The molecule has 1 N–H and O–H groups in total. The molecule has 0 aromatic heterocycles. The van der Waals surface area contributed by atoms with Gasteiger partial charge in [-0.1, -0.05) is 109 Å². The summed E-state index contributed by atoms with van der Waals surface area (Å²) in [5.74, 6) is 0.713. The van der Waals surface area contributed by atoms with Crippen LogP contribution >= 0.6 is 0 Å². The second-order valence-electron chi connectivity index (χ2n) is 12.1. The van der Waals surface area contributed by atoms with E-state index in [1.54, 1.807) is 0 Å². The van der Waals surface area contributed by atoms with Crippen molar-refractivity contribution >= 4 is 25.7 Å². The minimum Gasteiger partial charge on any atom is -0.543 e. The maximum Gasteiger partial charge on any atom is 0.250 e. The second-order valence-corrected chi connectivity index (χ2v) is 16.8. The summed E-state index contributed by atoms with van der Waals surface area (Å²) in [6.07, 6.45) is 12.5. The first-order chi connectivity index (χ1) is 18.0. The lowest BCUT2D eigenvalue weighted by Crippen LogP contribution is -2.43. The molecular formula is C33H51NO3Si. The Morgan fingerprint density at radius 1 is 0.816 bits per heavy atom. The van der Waals surface area contributed by atoms with Crippen molar-refractivity contribution in [3.05, 3.63) is 59.7 Å². The molecule has 0 aliphatic heterocycles. The van der Waals surface area contributed by atoms with Gasteiger partial charge in [0.1, 0.15) is 5.75 Å². The van der Waals surface area contributed by atoms with Gasteiger partial charge in [-0.05, 0) is 54.7 Å². The molecule has 5 heteroatoms. The van der Waals surface area contributed by atoms with E-state index in [2.05, 4.69) is 46.1 Å². The first kappa shape index (κ1) is 31.8. The van der Waals surface area contributed by atoms with Crippen LogP contribution in [0.2, 0.25) is 18.1 Å². The molecule has 0 aliphatic carbocycles. The number of carbonyl (C=O) groups is 2. The minimum atomic E-state index is -2.05. The number of nitrogens with one attached hydrogen (secondary N) is 1. The average Bonchev–Trinajstić information content (AvgIpc) is 2.87. The lowest BCUT2D eigenvalue weighted by Gasteiger charge is -2.36. The normalized spacial score (nSPS) is 11.8. The summed E-state index contributed by atoms with van der Waals surface area (Å²) in [6.45, 7) is 13.3. The Balaban J connectivity index is 2.04. The Kier molecular flexibility index (Phi) is 13.3. The molecule has 0 unspecified atom stereocenters. The van der Waals surface area contributed by atoms with Crippen LogP contribution in [0, 0.1) is 0 Å². The van der Waals surface area contributed by atoms with E-state index in [1.807, 2.05) is 48.5 Å². The van der Waals surface area contributed by atoms with Gasteiger partial charge < -0.3 is 9.74 Å². The number of unbranched alkanes of at least 4 members (excludes halogenated alkanes) is 8. The second kappa shape index (κ2) is 15.9. The van der Waals surface area contributed by atoms with Crippen molar-refractivity contribution < 1.29 is 14.0 Å². The summed E-state index contributed by atoms with van der Waals surface area (Å²) in [4.78, 5) is 26.1. The molecule has 0 aliphatic rings. The van der Waals surface area contributed by atoms with E-state index in [9.17, 15) is 9.59 Å². The topological polar surface area (TPSA) is 55.4 Å². The van der Waals surface area contributed by atoms with E-state index in [4.69, 9.17) is 4.43 Å². The van der Waals surface area contributed by atoms with Crippen LogP contribution in [0.25, 0.3) is 0 Å². The quantitative estimate of drug-likeness (QED) is 0.124. The molecule has 4 nitrogen and oxygen atoms in total. The van der Waals surface area contributed by atoms with Gasteiger partial charge in [0.25, 0.3) is 0 Å². The number of anilines is 1. The fraction of sp³-hybridized carbons (Fsp3) is 0.576. The van der Waals surface area contributed by atoms with Crippen molar-refractivity contribution in [2.75, 3.05) is 5.32 Å². The van der Waals surface area contributed by atoms with E-state index in [0.717, 1.165) is 18.4 Å². The van der Waals surface area contributed by atoms with Gasteiger partial charge in [-0.25, -0.2) is 0 Å². The fourth-order valence-electron chi connectivity index (χ4n) is 4.22. The van der Waals surface area contributed by atoms with Crippen molar-refractivity contribution in [2.24, 2.45) is 0 Å². The molecule has 1 amide bonds. The molecule has 0 radical (unpaired) electrons. The van der Waals surface area contributed by atoms with E-state index in [0.29, 0.717) is 36.3 Å². The van der Waals surface area contributed by atoms with Gasteiger partial charge >= 0.3 is 0 Å². The first-order valence-corrected chi connectivity index (χ1v) is 17.6. The Morgan fingerprint density at radius 2 is 1.42 bits per heavy atom. The molecule has 0 atom stereocenters. The molecule has 0 saturated carbocycles. The first-order valence-electron chi connectivity index (χ1n) is 14.7. The summed E-state index contributed by atoms with van der Waals surface area (Å²) >= 11 is 0. The predicted molar refractivity (Wildman–Crippen MR) is 164 cm³/mol. The van der Waals surface area contributed by atoms with Crippen LogP contribution in [-0.4, -0.2) is 20.0 Å². The molecule has 0 bridgehead atoms. The molecule has 210 valence electrons. The van der Waals surface area contributed by atoms with Gasteiger partial charge in [-0.2, -0.15) is 0 Å². The Hall–Kier alpha value is -2.40. The summed E-state index contributed by atoms with van der Waals surface area (Å²) in [6, 6.07) is 15.6. The van der Waals surface area contributed by atoms with Crippen LogP contribution in [0.4, 0.5) is 5.69 Å². The monoisotopic (exact) mass is 537 g/mol. The molecule has 0 spiro atoms. The summed E-state index contributed by atoms with van der Waals surface area (Å²) in [5.41, 5.74) is 2.28. The Morgan fingerprint density at radius 3 is 2.03 bits per heavy atom. The number of amides is 1. The largest absolute Gasteiger partial charge is 0.543 e. The maximum absolute atomic E-state index is 13.4. The molecule has 2 aromatic rings. The highest BCUT2D eigenvalue weighted by Crippen LogP contribution is 2.38. The lowest BCUT2D eigenvalue weighted by molar-refractivity contribution is -0.116. The maximum atomic E-state index is 13.4. The summed E-state index contributed by atoms with van der Waals surface area (Å²) < 4.78 is 6.49. The van der Waals surface area contributed by atoms with Crippen LogP contribution in [0.15, 0.2) is 48.5 Å². The minimum absolute atomic E-state index is 0.0536. The third-order valence-electron chi connectivity index (χ3n) is 7.74. The molecule has 38 heavy (non-hydrogen) atoms. The van der Waals surface area contributed by atoms with Crippen molar-refractivity contribution in [3.63, 3.8) is 0 Å². The average molecular weight is 538 g/mol. The van der Waals surface area contributed by atoms with Crippen LogP contribution in [0.5, 0.6) is 5.75 Å². The number of rotatable bonds is 17. The van der Waals surface area contributed by atoms with Crippen molar-refractivity contribution in [3.8, 4) is 5.75 Å². The highest BCUT2D eigenvalue weighted by Gasteiger charge is 2.39. The third kappa shape index (κ3) is 11.1. The van der Waals surface area contributed by atoms with Gasteiger partial charge in [0.15, 0.2) is 5.78 Å². The fourth-order valence-corrected chi connectivity index (χ4v) is 5.24. The molecule has 2 rings (SSSR count). The molecule has 0 heterocycles. The zero-order chi connectivity index (χ0) is 28.0. The number of benzene rings is 2. The van der Waals surface area contributed by atoms with Gasteiger partial charge in [-0.3, -0.25) is 9.59 Å². The number of hydrogen-bond acceptors (Lipinski definition) is 3. The van der Waals surface area contributed by atoms with Crippen LogP contribution in [0.3, 0.4) is 0 Å². The number of hydrogen-bond donors (Lipinski definition) is 1. The van der Waals surface area contributed by atoms with Crippen LogP contribution in [0.1, 0.15) is 114 Å². The standard InChI is InChI=1S/C33H51NO3Si/c1-7-8-9-10-11-12-13-14-18-21-31(35)29-26-28(37-38(5,6)33(2,3)4)23-24-30(29)34-32(36)25-22-27-19-16-15-17-20-27/h15-17,19-20,23-24,26H,7-14,18,21-22,25H2,1-6H3,(H,34,36). The number of ketones is 1. The van der Waals surface area contributed by atoms with Gasteiger partial charge in [0, 0.05) is 18.4 Å².